The van der Waals surface area contributed by atoms with Crippen molar-refractivity contribution in [2.24, 2.45) is 7.05 Å². The normalized spacial score (nSPS) is 12.4. The van der Waals surface area contributed by atoms with Gasteiger partial charge in [0.2, 0.25) is 0 Å². The number of aromatic nitrogens is 2. The molecule has 1 atom stereocenters. The lowest BCUT2D eigenvalue weighted by Crippen LogP contribution is -2.01. The van der Waals surface area contributed by atoms with E-state index in [4.69, 9.17) is 4.74 Å². The SMILES string of the molecule is C[C@H](O)c1cccc(OCCc2cnn(C)c2)c1. The standard InChI is InChI=1S/C14H18N2O2/c1-11(17)13-4-3-5-14(8-13)18-7-6-12-9-15-16(2)10-12/h3-5,8-11,17H,6-7H2,1-2H3/t11-/m0/s1. The van der Waals surface area contributed by atoms with Gasteiger partial charge >= 0.3 is 0 Å². The molecule has 0 amide bonds. The molecular formula is C14H18N2O2. The first-order chi connectivity index (χ1) is 8.65. The lowest BCUT2D eigenvalue weighted by Gasteiger charge is -2.09. The largest absolute Gasteiger partial charge is 0.493 e. The maximum atomic E-state index is 9.49. The summed E-state index contributed by atoms with van der Waals surface area (Å²) in [6.07, 6.45) is 4.18. The number of ether oxygens (including phenoxy) is 1. The van der Waals surface area contributed by atoms with Crippen LogP contribution in [-0.2, 0) is 13.5 Å². The average molecular weight is 246 g/mol. The highest BCUT2D eigenvalue weighted by molar-refractivity contribution is 5.29. The van der Waals surface area contributed by atoms with Gasteiger partial charge < -0.3 is 9.84 Å². The Hall–Kier alpha value is -1.81. The van der Waals surface area contributed by atoms with Crippen LogP contribution >= 0.6 is 0 Å². The van der Waals surface area contributed by atoms with Crippen molar-refractivity contribution in [2.75, 3.05) is 6.61 Å². The molecule has 1 heterocycles. The molecule has 2 rings (SSSR count). The molecule has 1 aromatic carbocycles. The van der Waals surface area contributed by atoms with E-state index in [0.29, 0.717) is 6.61 Å². The topological polar surface area (TPSA) is 47.3 Å². The summed E-state index contributed by atoms with van der Waals surface area (Å²) in [6, 6.07) is 7.54. The third-order valence-electron chi connectivity index (χ3n) is 2.76. The molecule has 1 N–H and O–H groups in total. The highest BCUT2D eigenvalue weighted by atomic mass is 16.5. The Balaban J connectivity index is 1.88. The van der Waals surface area contributed by atoms with E-state index in [1.807, 2.05) is 43.7 Å². The molecule has 4 nitrogen and oxygen atoms in total. The van der Waals surface area contributed by atoms with Gasteiger partial charge in [0.1, 0.15) is 5.75 Å². The van der Waals surface area contributed by atoms with Crippen molar-refractivity contribution >= 4 is 0 Å². The van der Waals surface area contributed by atoms with Crippen LogP contribution in [0.1, 0.15) is 24.2 Å². The van der Waals surface area contributed by atoms with Crippen molar-refractivity contribution in [1.82, 2.24) is 9.78 Å². The Bertz CT molecular complexity index is 506. The fraction of sp³-hybridized carbons (Fsp3) is 0.357. The molecular weight excluding hydrogens is 228 g/mol. The van der Waals surface area contributed by atoms with Crippen LogP contribution < -0.4 is 4.74 Å². The summed E-state index contributed by atoms with van der Waals surface area (Å²) in [4.78, 5) is 0. The highest BCUT2D eigenvalue weighted by Gasteiger charge is 2.02. The first-order valence-corrected chi connectivity index (χ1v) is 6.03. The van der Waals surface area contributed by atoms with Crippen LogP contribution in [0.25, 0.3) is 0 Å². The van der Waals surface area contributed by atoms with E-state index < -0.39 is 6.10 Å². The van der Waals surface area contributed by atoms with Gasteiger partial charge in [0.05, 0.1) is 18.9 Å². The molecule has 0 aliphatic heterocycles. The first kappa shape index (κ1) is 12.6. The predicted octanol–water partition coefficient (Wildman–Crippen LogP) is 2.09. The summed E-state index contributed by atoms with van der Waals surface area (Å²) in [7, 11) is 1.90. The second-order valence-corrected chi connectivity index (χ2v) is 4.37. The Morgan fingerprint density at radius 2 is 2.28 bits per heavy atom. The predicted molar refractivity (Wildman–Crippen MR) is 69.5 cm³/mol. The molecule has 0 saturated carbocycles. The minimum Gasteiger partial charge on any atom is -0.493 e. The number of rotatable bonds is 5. The molecule has 0 unspecified atom stereocenters. The van der Waals surface area contributed by atoms with Crippen LogP contribution in [-0.4, -0.2) is 21.5 Å². The Morgan fingerprint density at radius 1 is 1.44 bits per heavy atom. The van der Waals surface area contributed by atoms with Crippen molar-refractivity contribution in [3.8, 4) is 5.75 Å². The van der Waals surface area contributed by atoms with Gasteiger partial charge in [-0.2, -0.15) is 5.10 Å². The number of aliphatic hydroxyl groups excluding tert-OH is 1. The molecule has 2 aromatic rings. The van der Waals surface area contributed by atoms with Gasteiger partial charge in [0.25, 0.3) is 0 Å². The maximum absolute atomic E-state index is 9.49. The van der Waals surface area contributed by atoms with Gasteiger partial charge in [-0.15, -0.1) is 0 Å². The molecule has 0 fully saturated rings. The second kappa shape index (κ2) is 5.69. The van der Waals surface area contributed by atoms with E-state index in [1.54, 1.807) is 11.6 Å². The number of aryl methyl sites for hydroxylation is 1. The van der Waals surface area contributed by atoms with Gasteiger partial charge in [-0.1, -0.05) is 12.1 Å². The van der Waals surface area contributed by atoms with E-state index in [9.17, 15) is 5.11 Å². The molecule has 0 radical (unpaired) electrons. The Kier molecular flexibility index (Phi) is 3.99. The van der Waals surface area contributed by atoms with Crippen LogP contribution in [0, 0.1) is 0 Å². The average Bonchev–Trinajstić information content (AvgIpc) is 2.75. The quantitative estimate of drug-likeness (QED) is 0.878. The van der Waals surface area contributed by atoms with Gasteiger partial charge in [-0.05, 0) is 30.2 Å². The van der Waals surface area contributed by atoms with E-state index in [2.05, 4.69) is 5.10 Å². The van der Waals surface area contributed by atoms with Crippen molar-refractivity contribution in [3.05, 3.63) is 47.8 Å². The molecule has 0 aliphatic carbocycles. The van der Waals surface area contributed by atoms with Crippen molar-refractivity contribution in [2.45, 2.75) is 19.4 Å². The van der Waals surface area contributed by atoms with Crippen molar-refractivity contribution < 1.29 is 9.84 Å². The van der Waals surface area contributed by atoms with Crippen LogP contribution in [0.5, 0.6) is 5.75 Å². The summed E-state index contributed by atoms with van der Waals surface area (Å²) in [5.41, 5.74) is 2.03. The fourth-order valence-corrected chi connectivity index (χ4v) is 1.75. The van der Waals surface area contributed by atoms with Gasteiger partial charge in [0, 0.05) is 19.7 Å². The van der Waals surface area contributed by atoms with Gasteiger partial charge in [0.15, 0.2) is 0 Å². The van der Waals surface area contributed by atoms with Gasteiger partial charge in [-0.25, -0.2) is 0 Å². The van der Waals surface area contributed by atoms with Crippen LogP contribution in [0.15, 0.2) is 36.7 Å². The number of aliphatic hydroxyl groups is 1. The summed E-state index contributed by atoms with van der Waals surface area (Å²) in [5, 5.41) is 13.6. The fourth-order valence-electron chi connectivity index (χ4n) is 1.75. The summed E-state index contributed by atoms with van der Waals surface area (Å²) >= 11 is 0. The van der Waals surface area contributed by atoms with Crippen LogP contribution in [0.2, 0.25) is 0 Å². The molecule has 0 aliphatic rings. The smallest absolute Gasteiger partial charge is 0.119 e. The lowest BCUT2D eigenvalue weighted by molar-refractivity contribution is 0.198. The zero-order valence-electron chi connectivity index (χ0n) is 10.7. The zero-order chi connectivity index (χ0) is 13.0. The van der Waals surface area contributed by atoms with Crippen LogP contribution in [0.4, 0.5) is 0 Å². The molecule has 0 spiro atoms. The monoisotopic (exact) mass is 246 g/mol. The number of hydrogen-bond donors (Lipinski definition) is 1. The molecule has 18 heavy (non-hydrogen) atoms. The molecule has 0 saturated heterocycles. The zero-order valence-corrected chi connectivity index (χ0v) is 10.7. The third-order valence-corrected chi connectivity index (χ3v) is 2.76. The number of nitrogens with zero attached hydrogens (tertiary/aromatic N) is 2. The van der Waals surface area contributed by atoms with E-state index in [0.717, 1.165) is 23.3 Å². The van der Waals surface area contributed by atoms with E-state index >= 15 is 0 Å². The summed E-state index contributed by atoms with van der Waals surface area (Å²) in [5.74, 6) is 0.789. The van der Waals surface area contributed by atoms with Crippen molar-refractivity contribution in [1.29, 1.82) is 0 Å². The maximum Gasteiger partial charge on any atom is 0.119 e. The Morgan fingerprint density at radius 3 is 2.94 bits per heavy atom. The number of benzene rings is 1. The number of hydrogen-bond acceptors (Lipinski definition) is 3. The van der Waals surface area contributed by atoms with E-state index in [1.165, 1.54) is 0 Å². The minimum absolute atomic E-state index is 0.466. The highest BCUT2D eigenvalue weighted by Crippen LogP contribution is 2.18. The second-order valence-electron chi connectivity index (χ2n) is 4.37. The molecule has 0 bridgehead atoms. The first-order valence-electron chi connectivity index (χ1n) is 6.03. The summed E-state index contributed by atoms with van der Waals surface area (Å²) in [6.45, 7) is 2.35. The third kappa shape index (κ3) is 3.34. The van der Waals surface area contributed by atoms with Gasteiger partial charge in [-0.3, -0.25) is 4.68 Å². The molecule has 1 aromatic heterocycles. The van der Waals surface area contributed by atoms with E-state index in [-0.39, 0.29) is 0 Å². The van der Waals surface area contributed by atoms with Crippen LogP contribution in [0.3, 0.4) is 0 Å². The van der Waals surface area contributed by atoms with Crippen molar-refractivity contribution in [3.63, 3.8) is 0 Å². The summed E-state index contributed by atoms with van der Waals surface area (Å²) < 4.78 is 7.44. The molecule has 96 valence electrons. The lowest BCUT2D eigenvalue weighted by atomic mass is 10.1. The minimum atomic E-state index is -0.466. The Labute approximate surface area is 107 Å². The molecule has 4 heteroatoms.